The summed E-state index contributed by atoms with van der Waals surface area (Å²) in [5, 5.41) is 7.10. The summed E-state index contributed by atoms with van der Waals surface area (Å²) in [6, 6.07) is 1.86. The fraction of sp³-hybridized carbons (Fsp3) is 0.583. The molecule has 0 saturated heterocycles. The maximum absolute atomic E-state index is 11.6. The van der Waals surface area contributed by atoms with E-state index in [0.717, 1.165) is 19.3 Å². The number of amides is 1. The van der Waals surface area contributed by atoms with E-state index in [0.29, 0.717) is 0 Å². The van der Waals surface area contributed by atoms with E-state index in [4.69, 9.17) is 5.73 Å². The number of carbonyl (C=O) groups excluding carboxylic acids is 1. The Morgan fingerprint density at radius 3 is 2.94 bits per heavy atom. The van der Waals surface area contributed by atoms with Gasteiger partial charge in [0.25, 0.3) is 0 Å². The van der Waals surface area contributed by atoms with Gasteiger partial charge in [0.1, 0.15) is 0 Å². The van der Waals surface area contributed by atoms with Crippen molar-refractivity contribution >= 4 is 17.2 Å². The second-order valence-corrected chi connectivity index (χ2v) is 4.92. The van der Waals surface area contributed by atoms with Crippen molar-refractivity contribution in [3.63, 3.8) is 0 Å². The molecule has 0 aliphatic heterocycles. The molecule has 0 spiro atoms. The monoisotopic (exact) mass is 240 g/mol. The molecule has 16 heavy (non-hydrogen) atoms. The van der Waals surface area contributed by atoms with Gasteiger partial charge in [0.2, 0.25) is 5.91 Å². The van der Waals surface area contributed by atoms with Gasteiger partial charge in [0, 0.05) is 6.04 Å². The Bertz CT molecular complexity index is 311. The molecule has 1 rings (SSSR count). The minimum absolute atomic E-state index is 0.0374. The molecule has 1 unspecified atom stereocenters. The standard InChI is InChI=1S/C12H20N2OS/c1-3-4-11(13)12(15)14-9(2)7-10-5-6-16-8-10/h5-6,8-9,11H,3-4,7,13H2,1-2H3,(H,14,15)/t9?,11-/m1/s1. The average Bonchev–Trinajstić information content (AvgIpc) is 2.70. The Morgan fingerprint density at radius 1 is 1.62 bits per heavy atom. The number of carbonyl (C=O) groups is 1. The van der Waals surface area contributed by atoms with Gasteiger partial charge in [0.15, 0.2) is 0 Å². The van der Waals surface area contributed by atoms with Crippen LogP contribution < -0.4 is 11.1 Å². The summed E-state index contributed by atoms with van der Waals surface area (Å²) >= 11 is 1.68. The van der Waals surface area contributed by atoms with Gasteiger partial charge in [0.05, 0.1) is 6.04 Å². The number of nitrogens with one attached hydrogen (secondary N) is 1. The van der Waals surface area contributed by atoms with Gasteiger partial charge in [-0.3, -0.25) is 4.79 Å². The summed E-state index contributed by atoms with van der Waals surface area (Å²) in [4.78, 5) is 11.6. The van der Waals surface area contributed by atoms with E-state index in [2.05, 4.69) is 16.8 Å². The molecule has 0 bridgehead atoms. The van der Waals surface area contributed by atoms with Crippen molar-refractivity contribution in [1.29, 1.82) is 0 Å². The van der Waals surface area contributed by atoms with Crippen molar-refractivity contribution in [2.75, 3.05) is 0 Å². The molecule has 0 aliphatic carbocycles. The maximum Gasteiger partial charge on any atom is 0.237 e. The summed E-state index contributed by atoms with van der Waals surface area (Å²) in [6.07, 6.45) is 2.55. The SMILES string of the molecule is CCC[C@@H](N)C(=O)NC(C)Cc1ccsc1. The van der Waals surface area contributed by atoms with Crippen LogP contribution in [0.25, 0.3) is 0 Å². The zero-order valence-electron chi connectivity index (χ0n) is 9.90. The van der Waals surface area contributed by atoms with Crippen molar-refractivity contribution in [1.82, 2.24) is 5.32 Å². The van der Waals surface area contributed by atoms with Crippen LogP contribution in [0.1, 0.15) is 32.3 Å². The molecule has 1 heterocycles. The van der Waals surface area contributed by atoms with Crippen LogP contribution in [0.15, 0.2) is 16.8 Å². The number of thiophene rings is 1. The molecule has 0 saturated carbocycles. The van der Waals surface area contributed by atoms with Crippen molar-refractivity contribution in [3.05, 3.63) is 22.4 Å². The zero-order valence-corrected chi connectivity index (χ0v) is 10.7. The van der Waals surface area contributed by atoms with Gasteiger partial charge >= 0.3 is 0 Å². The topological polar surface area (TPSA) is 55.1 Å². The lowest BCUT2D eigenvalue weighted by Gasteiger charge is -2.16. The summed E-state index contributed by atoms with van der Waals surface area (Å²) in [6.45, 7) is 4.04. The second kappa shape index (κ2) is 6.66. The van der Waals surface area contributed by atoms with Crippen molar-refractivity contribution in [2.45, 2.75) is 45.2 Å². The molecule has 1 aromatic rings. The van der Waals surface area contributed by atoms with Crippen LogP contribution >= 0.6 is 11.3 Å². The Kier molecular flexibility index (Phi) is 5.49. The van der Waals surface area contributed by atoms with Crippen LogP contribution in [0.4, 0.5) is 0 Å². The molecule has 90 valence electrons. The van der Waals surface area contributed by atoms with Crippen LogP contribution in [0.2, 0.25) is 0 Å². The fourth-order valence-electron chi connectivity index (χ4n) is 1.61. The number of hydrogen-bond acceptors (Lipinski definition) is 3. The quantitative estimate of drug-likeness (QED) is 0.798. The predicted molar refractivity (Wildman–Crippen MR) is 68.5 cm³/mol. The van der Waals surface area contributed by atoms with Gasteiger partial charge in [-0.25, -0.2) is 0 Å². The Labute approximate surface area is 101 Å². The van der Waals surface area contributed by atoms with Crippen molar-refractivity contribution < 1.29 is 4.79 Å². The Balaban J connectivity index is 2.33. The number of hydrogen-bond donors (Lipinski definition) is 2. The highest BCUT2D eigenvalue weighted by atomic mass is 32.1. The molecule has 0 radical (unpaired) electrons. The first-order valence-electron chi connectivity index (χ1n) is 5.70. The van der Waals surface area contributed by atoms with Gasteiger partial charge in [-0.2, -0.15) is 11.3 Å². The van der Waals surface area contributed by atoms with Crippen LogP contribution in [-0.2, 0) is 11.2 Å². The highest BCUT2D eigenvalue weighted by molar-refractivity contribution is 7.07. The average molecular weight is 240 g/mol. The molecule has 2 atom stereocenters. The van der Waals surface area contributed by atoms with E-state index in [1.165, 1.54) is 5.56 Å². The van der Waals surface area contributed by atoms with E-state index >= 15 is 0 Å². The van der Waals surface area contributed by atoms with E-state index in [9.17, 15) is 4.79 Å². The van der Waals surface area contributed by atoms with E-state index in [1.807, 2.05) is 19.2 Å². The zero-order chi connectivity index (χ0) is 12.0. The first kappa shape index (κ1) is 13.2. The molecule has 3 N–H and O–H groups in total. The summed E-state index contributed by atoms with van der Waals surface area (Å²) in [5.41, 5.74) is 7.01. The summed E-state index contributed by atoms with van der Waals surface area (Å²) in [7, 11) is 0. The molecular weight excluding hydrogens is 220 g/mol. The van der Waals surface area contributed by atoms with E-state index in [1.54, 1.807) is 11.3 Å². The molecule has 0 fully saturated rings. The summed E-state index contributed by atoms with van der Waals surface area (Å²) in [5.74, 6) is -0.0374. The predicted octanol–water partition coefficient (Wildman–Crippen LogP) is 1.92. The Morgan fingerprint density at radius 2 is 2.38 bits per heavy atom. The fourth-order valence-corrected chi connectivity index (χ4v) is 2.29. The number of rotatable bonds is 6. The van der Waals surface area contributed by atoms with Crippen molar-refractivity contribution in [3.8, 4) is 0 Å². The molecule has 1 amide bonds. The van der Waals surface area contributed by atoms with Crippen LogP contribution in [0, 0.1) is 0 Å². The maximum atomic E-state index is 11.6. The molecule has 0 aromatic carbocycles. The minimum Gasteiger partial charge on any atom is -0.352 e. The molecular formula is C12H20N2OS. The highest BCUT2D eigenvalue weighted by Gasteiger charge is 2.14. The lowest BCUT2D eigenvalue weighted by Crippen LogP contribution is -2.44. The van der Waals surface area contributed by atoms with Gasteiger partial charge in [-0.15, -0.1) is 0 Å². The highest BCUT2D eigenvalue weighted by Crippen LogP contribution is 2.08. The lowest BCUT2D eigenvalue weighted by molar-refractivity contribution is -0.123. The second-order valence-electron chi connectivity index (χ2n) is 4.14. The van der Waals surface area contributed by atoms with Crippen LogP contribution in [0.3, 0.4) is 0 Å². The molecule has 0 aliphatic rings. The first-order chi connectivity index (χ1) is 7.63. The Hall–Kier alpha value is -0.870. The van der Waals surface area contributed by atoms with Gasteiger partial charge < -0.3 is 11.1 Å². The van der Waals surface area contributed by atoms with Gasteiger partial charge in [-0.1, -0.05) is 13.3 Å². The first-order valence-corrected chi connectivity index (χ1v) is 6.64. The normalized spacial score (nSPS) is 14.4. The lowest BCUT2D eigenvalue weighted by atomic mass is 10.1. The van der Waals surface area contributed by atoms with Crippen LogP contribution in [0.5, 0.6) is 0 Å². The smallest absolute Gasteiger partial charge is 0.237 e. The number of nitrogens with two attached hydrogens (primary N) is 1. The molecule has 3 nitrogen and oxygen atoms in total. The summed E-state index contributed by atoms with van der Waals surface area (Å²) < 4.78 is 0. The third kappa shape index (κ3) is 4.33. The largest absolute Gasteiger partial charge is 0.352 e. The minimum atomic E-state index is -0.366. The van der Waals surface area contributed by atoms with Crippen molar-refractivity contribution in [2.24, 2.45) is 5.73 Å². The third-order valence-electron chi connectivity index (χ3n) is 2.45. The van der Waals surface area contributed by atoms with Crippen LogP contribution in [-0.4, -0.2) is 18.0 Å². The van der Waals surface area contributed by atoms with E-state index in [-0.39, 0.29) is 18.0 Å². The van der Waals surface area contributed by atoms with E-state index < -0.39 is 0 Å². The van der Waals surface area contributed by atoms with Gasteiger partial charge in [-0.05, 0) is 42.2 Å². The molecule has 4 heteroatoms. The third-order valence-corrected chi connectivity index (χ3v) is 3.18. The molecule has 1 aromatic heterocycles.